The van der Waals surface area contributed by atoms with E-state index in [1.54, 1.807) is 12.1 Å². The molecule has 4 N–H and O–H groups in total. The second kappa shape index (κ2) is 8.69. The molecule has 154 valence electrons. The van der Waals surface area contributed by atoms with E-state index in [9.17, 15) is 28.7 Å². The zero-order valence-electron chi connectivity index (χ0n) is 15.4. The Balaban J connectivity index is 1.61. The van der Waals surface area contributed by atoms with E-state index < -0.39 is 35.7 Å². The lowest BCUT2D eigenvalue weighted by Crippen LogP contribution is -2.56. The van der Waals surface area contributed by atoms with Crippen molar-refractivity contribution in [2.75, 3.05) is 37.7 Å². The van der Waals surface area contributed by atoms with Gasteiger partial charge in [-0.25, -0.2) is 9.18 Å². The molecule has 3 rings (SSSR count). The van der Waals surface area contributed by atoms with Crippen LogP contribution in [0.5, 0.6) is 0 Å². The molecule has 0 saturated carbocycles. The topological polar surface area (TPSA) is 139 Å². The average molecular weight is 405 g/mol. The molecule has 1 fully saturated rings. The maximum Gasteiger partial charge on any atom is 0.325 e. The van der Waals surface area contributed by atoms with Crippen molar-refractivity contribution in [1.82, 2.24) is 20.2 Å². The van der Waals surface area contributed by atoms with E-state index in [0.29, 0.717) is 26.2 Å². The summed E-state index contributed by atoms with van der Waals surface area (Å²) in [5.74, 6) is -1.70. The number of aliphatic hydroxyl groups is 1. The van der Waals surface area contributed by atoms with Crippen LogP contribution in [0, 0.1) is 5.82 Å². The number of rotatable bonds is 5. The Morgan fingerprint density at radius 1 is 1.14 bits per heavy atom. The van der Waals surface area contributed by atoms with Gasteiger partial charge in [-0.1, -0.05) is 0 Å². The minimum Gasteiger partial charge on any atom is -0.394 e. The number of anilines is 1. The maximum absolute atomic E-state index is 13.1. The van der Waals surface area contributed by atoms with Crippen LogP contribution in [0.2, 0.25) is 0 Å². The number of aromatic amines is 2. The SMILES string of the molecule is O=C(N[C@@H](CO)C(=O)N1CCN(c2ccc(F)cc2)CC1)c1c[nH]c(=O)[nH]c1=O. The second-order valence-electron chi connectivity index (χ2n) is 6.48. The van der Waals surface area contributed by atoms with Crippen molar-refractivity contribution in [2.24, 2.45) is 0 Å². The fourth-order valence-corrected chi connectivity index (χ4v) is 3.06. The third kappa shape index (κ3) is 4.69. The zero-order chi connectivity index (χ0) is 21.0. The van der Waals surface area contributed by atoms with Crippen molar-refractivity contribution in [3.05, 3.63) is 62.7 Å². The summed E-state index contributed by atoms with van der Waals surface area (Å²) in [6, 6.07) is 4.81. The first-order chi connectivity index (χ1) is 13.9. The lowest BCUT2D eigenvalue weighted by molar-refractivity contribution is -0.134. The summed E-state index contributed by atoms with van der Waals surface area (Å²) in [6.07, 6.45) is 0.941. The molecule has 0 aliphatic carbocycles. The number of hydrogen-bond donors (Lipinski definition) is 4. The van der Waals surface area contributed by atoms with Crippen molar-refractivity contribution < 1.29 is 19.1 Å². The Kier molecular flexibility index (Phi) is 6.07. The molecule has 2 aromatic rings. The van der Waals surface area contributed by atoms with Gasteiger partial charge in [0.1, 0.15) is 17.4 Å². The van der Waals surface area contributed by atoms with Crippen molar-refractivity contribution >= 4 is 17.5 Å². The highest BCUT2D eigenvalue weighted by Gasteiger charge is 2.29. The lowest BCUT2D eigenvalue weighted by atomic mass is 10.2. The predicted molar refractivity (Wildman–Crippen MR) is 101 cm³/mol. The highest BCUT2D eigenvalue weighted by Crippen LogP contribution is 2.17. The van der Waals surface area contributed by atoms with Crippen LogP contribution >= 0.6 is 0 Å². The van der Waals surface area contributed by atoms with Gasteiger partial charge in [-0.2, -0.15) is 0 Å². The molecule has 1 aliphatic heterocycles. The van der Waals surface area contributed by atoms with Crippen molar-refractivity contribution in [2.45, 2.75) is 6.04 Å². The summed E-state index contributed by atoms with van der Waals surface area (Å²) in [4.78, 5) is 55.2. The minimum absolute atomic E-state index is 0.328. The summed E-state index contributed by atoms with van der Waals surface area (Å²) in [7, 11) is 0. The number of carbonyl (C=O) groups excluding carboxylic acids is 2. The van der Waals surface area contributed by atoms with Crippen LogP contribution in [0.15, 0.2) is 40.1 Å². The molecular formula is C18H20FN5O5. The van der Waals surface area contributed by atoms with Crippen LogP contribution < -0.4 is 21.5 Å². The molecule has 1 aromatic carbocycles. The number of aromatic nitrogens is 2. The Morgan fingerprint density at radius 3 is 2.38 bits per heavy atom. The van der Waals surface area contributed by atoms with Gasteiger partial charge in [0.05, 0.1) is 6.61 Å². The number of carbonyl (C=O) groups is 2. The Labute approximate surface area is 164 Å². The third-order valence-corrected chi connectivity index (χ3v) is 4.63. The van der Waals surface area contributed by atoms with Gasteiger partial charge in [-0.05, 0) is 24.3 Å². The normalized spacial score (nSPS) is 15.1. The van der Waals surface area contributed by atoms with Gasteiger partial charge in [0, 0.05) is 38.1 Å². The molecule has 10 nitrogen and oxygen atoms in total. The Morgan fingerprint density at radius 2 is 1.79 bits per heavy atom. The second-order valence-corrected chi connectivity index (χ2v) is 6.48. The van der Waals surface area contributed by atoms with Crippen molar-refractivity contribution in [3.63, 3.8) is 0 Å². The van der Waals surface area contributed by atoms with Gasteiger partial charge < -0.3 is 25.2 Å². The molecule has 1 aromatic heterocycles. The van der Waals surface area contributed by atoms with Crippen LogP contribution in [0.1, 0.15) is 10.4 Å². The van der Waals surface area contributed by atoms with Crippen LogP contribution in [0.3, 0.4) is 0 Å². The molecule has 1 saturated heterocycles. The quantitative estimate of drug-likeness (QED) is 0.485. The molecule has 2 amide bonds. The first kappa shape index (κ1) is 20.3. The standard InChI is InChI=1S/C18H20FN5O5/c19-11-1-3-12(4-2-11)23-5-7-24(8-6-23)17(28)14(10-25)21-15(26)13-9-20-18(29)22-16(13)27/h1-4,9,14,25H,5-8,10H2,(H,21,26)(H2,20,22,27,29)/t14-/m0/s1. The molecule has 0 spiro atoms. The fraction of sp³-hybridized carbons (Fsp3) is 0.333. The van der Waals surface area contributed by atoms with Crippen molar-refractivity contribution in [3.8, 4) is 0 Å². The summed E-state index contributed by atoms with van der Waals surface area (Å²) in [5, 5.41) is 11.9. The number of halogens is 1. The summed E-state index contributed by atoms with van der Waals surface area (Å²) in [6.45, 7) is 1.06. The maximum atomic E-state index is 13.1. The number of H-pyrrole nitrogens is 2. The first-order valence-electron chi connectivity index (χ1n) is 8.92. The van der Waals surface area contributed by atoms with E-state index in [-0.39, 0.29) is 11.4 Å². The van der Waals surface area contributed by atoms with E-state index >= 15 is 0 Å². The molecule has 29 heavy (non-hydrogen) atoms. The number of piperazine rings is 1. The average Bonchev–Trinajstić information content (AvgIpc) is 2.72. The van der Waals surface area contributed by atoms with Crippen LogP contribution in [-0.4, -0.2) is 70.6 Å². The molecule has 0 bridgehead atoms. The molecule has 1 atom stereocenters. The molecule has 0 unspecified atom stereocenters. The fourth-order valence-electron chi connectivity index (χ4n) is 3.06. The van der Waals surface area contributed by atoms with E-state index in [1.807, 2.05) is 9.88 Å². The minimum atomic E-state index is -1.23. The van der Waals surface area contributed by atoms with Gasteiger partial charge in [0.2, 0.25) is 5.91 Å². The molecule has 0 radical (unpaired) electrons. The summed E-state index contributed by atoms with van der Waals surface area (Å²) >= 11 is 0. The molecule has 1 aliphatic rings. The van der Waals surface area contributed by atoms with Crippen LogP contribution in [0.4, 0.5) is 10.1 Å². The summed E-state index contributed by atoms with van der Waals surface area (Å²) < 4.78 is 13.1. The van der Waals surface area contributed by atoms with Gasteiger partial charge in [0.25, 0.3) is 11.5 Å². The van der Waals surface area contributed by atoms with E-state index in [4.69, 9.17) is 0 Å². The predicted octanol–water partition coefficient (Wildman–Crippen LogP) is -1.36. The van der Waals surface area contributed by atoms with Gasteiger partial charge in [0.15, 0.2) is 0 Å². The van der Waals surface area contributed by atoms with Crippen LogP contribution in [-0.2, 0) is 4.79 Å². The smallest absolute Gasteiger partial charge is 0.325 e. The number of hydrogen-bond acceptors (Lipinski definition) is 6. The number of benzene rings is 1. The number of nitrogens with zero attached hydrogens (tertiary/aromatic N) is 2. The molecule has 11 heteroatoms. The molecule has 2 heterocycles. The Bertz CT molecular complexity index is 995. The Hall–Kier alpha value is -3.47. The highest BCUT2D eigenvalue weighted by atomic mass is 19.1. The van der Waals surface area contributed by atoms with Gasteiger partial charge in [-0.15, -0.1) is 0 Å². The summed E-state index contributed by atoms with van der Waals surface area (Å²) in [5.41, 5.74) is -1.21. The van der Waals surface area contributed by atoms with Gasteiger partial charge >= 0.3 is 5.69 Å². The number of amides is 2. The lowest BCUT2D eigenvalue weighted by Gasteiger charge is -2.37. The third-order valence-electron chi connectivity index (χ3n) is 4.63. The monoisotopic (exact) mass is 405 g/mol. The molecular weight excluding hydrogens is 385 g/mol. The van der Waals surface area contributed by atoms with E-state index in [0.717, 1.165) is 11.9 Å². The largest absolute Gasteiger partial charge is 0.394 e. The van der Waals surface area contributed by atoms with E-state index in [1.165, 1.54) is 17.0 Å². The van der Waals surface area contributed by atoms with E-state index in [2.05, 4.69) is 10.3 Å². The zero-order valence-corrected chi connectivity index (χ0v) is 15.4. The van der Waals surface area contributed by atoms with Gasteiger partial charge in [-0.3, -0.25) is 19.4 Å². The number of nitrogens with one attached hydrogen (secondary N) is 3. The van der Waals surface area contributed by atoms with Crippen LogP contribution in [0.25, 0.3) is 0 Å². The highest BCUT2D eigenvalue weighted by molar-refractivity contribution is 5.97. The number of aliphatic hydroxyl groups excluding tert-OH is 1. The van der Waals surface area contributed by atoms with Crippen molar-refractivity contribution in [1.29, 1.82) is 0 Å². The first-order valence-corrected chi connectivity index (χ1v) is 8.92.